The van der Waals surface area contributed by atoms with E-state index in [4.69, 9.17) is 9.47 Å². The molecule has 0 aliphatic heterocycles. The fraction of sp³-hybridized carbons (Fsp3) is 0.571. The van der Waals surface area contributed by atoms with Gasteiger partial charge in [-0.1, -0.05) is 59.7 Å². The van der Waals surface area contributed by atoms with Gasteiger partial charge in [-0.25, -0.2) is 0 Å². The average Bonchev–Trinajstić information content (AvgIpc) is 2.99. The van der Waals surface area contributed by atoms with E-state index in [1.165, 1.54) is 99.3 Å². The first-order valence-corrected chi connectivity index (χ1v) is 17.7. The molecular formula is C42H50O2. The Kier molecular flexibility index (Phi) is 5.89. The van der Waals surface area contributed by atoms with Crippen LogP contribution >= 0.6 is 0 Å². The van der Waals surface area contributed by atoms with Crippen molar-refractivity contribution < 1.29 is 9.47 Å². The van der Waals surface area contributed by atoms with Gasteiger partial charge in [-0.2, -0.15) is 0 Å². The maximum Gasteiger partial charge on any atom is 0.126 e. The van der Waals surface area contributed by atoms with Gasteiger partial charge in [0.25, 0.3) is 0 Å². The summed E-state index contributed by atoms with van der Waals surface area (Å²) in [4.78, 5) is 0. The van der Waals surface area contributed by atoms with Gasteiger partial charge in [0.05, 0.1) is 14.2 Å². The van der Waals surface area contributed by atoms with Crippen LogP contribution in [0.15, 0.2) is 60.7 Å². The number of hydrogen-bond donors (Lipinski definition) is 0. The molecule has 44 heavy (non-hydrogen) atoms. The Balaban J connectivity index is 1.18. The molecular weight excluding hydrogens is 536 g/mol. The second-order valence-corrected chi connectivity index (χ2v) is 17.0. The fourth-order valence-electron chi connectivity index (χ4n) is 13.4. The minimum atomic E-state index is 0.193. The molecule has 8 bridgehead atoms. The summed E-state index contributed by atoms with van der Waals surface area (Å²) in [5.41, 5.74) is 9.95. The molecule has 8 saturated carbocycles. The van der Waals surface area contributed by atoms with Crippen molar-refractivity contribution in [1.29, 1.82) is 0 Å². The Morgan fingerprint density at radius 1 is 0.477 bits per heavy atom. The highest BCUT2D eigenvalue weighted by atomic mass is 16.5. The van der Waals surface area contributed by atoms with E-state index in [1.54, 1.807) is 11.1 Å². The normalized spacial score (nSPS) is 39.5. The highest BCUT2D eigenvalue weighted by molar-refractivity contribution is 5.55. The first-order chi connectivity index (χ1) is 21.2. The summed E-state index contributed by atoms with van der Waals surface area (Å²) in [6.45, 7) is 4.45. The molecule has 8 fully saturated rings. The van der Waals surface area contributed by atoms with Crippen molar-refractivity contribution in [3.05, 3.63) is 94.0 Å². The predicted molar refractivity (Wildman–Crippen MR) is 178 cm³/mol. The van der Waals surface area contributed by atoms with Crippen LogP contribution in [0.5, 0.6) is 11.5 Å². The fourth-order valence-corrected chi connectivity index (χ4v) is 13.4. The van der Waals surface area contributed by atoms with Gasteiger partial charge in [0, 0.05) is 28.0 Å². The van der Waals surface area contributed by atoms with E-state index in [0.717, 1.165) is 35.2 Å². The molecule has 4 unspecified atom stereocenters. The first-order valence-electron chi connectivity index (χ1n) is 17.7. The molecule has 8 aliphatic carbocycles. The molecule has 2 heteroatoms. The van der Waals surface area contributed by atoms with E-state index < -0.39 is 0 Å². The van der Waals surface area contributed by atoms with Crippen molar-refractivity contribution in [1.82, 2.24) is 0 Å². The van der Waals surface area contributed by atoms with Gasteiger partial charge in [-0.05, 0) is 143 Å². The minimum Gasteiger partial charge on any atom is -0.496 e. The van der Waals surface area contributed by atoms with Gasteiger partial charge in [-0.3, -0.25) is 0 Å². The summed E-state index contributed by atoms with van der Waals surface area (Å²) in [5, 5.41) is 0. The largest absolute Gasteiger partial charge is 0.496 e. The maximum atomic E-state index is 6.33. The summed E-state index contributed by atoms with van der Waals surface area (Å²) in [6, 6.07) is 24.3. The van der Waals surface area contributed by atoms with Crippen molar-refractivity contribution in [2.24, 2.45) is 23.7 Å². The summed E-state index contributed by atoms with van der Waals surface area (Å²) in [7, 11) is 3.79. The standard InChI is InChI=1S/C42H50O2/c1-27-5-9-33(10-6-27)39-17-29-13-30(18-39)22-41(21-29,25-39)35-15-36(38(44-4)16-37(35)43-3)42-23-31-14-32(24-42)20-40(19-31,26-42)34-11-7-28(2)8-12-34/h5-12,15-16,29-32H,13-14,17-26H2,1-4H3/t29-,30+,31-,32+,39?,40?,41?,42?. The third-order valence-corrected chi connectivity index (χ3v) is 14.1. The molecule has 11 rings (SSSR count). The number of benzene rings is 3. The molecule has 8 aliphatic rings. The number of aryl methyl sites for hydroxylation is 2. The zero-order valence-electron chi connectivity index (χ0n) is 27.4. The molecule has 3 aromatic rings. The molecule has 2 nitrogen and oxygen atoms in total. The van der Waals surface area contributed by atoms with Crippen LogP contribution in [-0.2, 0) is 21.7 Å². The lowest BCUT2D eigenvalue weighted by molar-refractivity contribution is -0.0320. The lowest BCUT2D eigenvalue weighted by Gasteiger charge is -2.64. The van der Waals surface area contributed by atoms with E-state index in [9.17, 15) is 0 Å². The third-order valence-electron chi connectivity index (χ3n) is 14.1. The topological polar surface area (TPSA) is 18.5 Å². The lowest BCUT2D eigenvalue weighted by atomic mass is 9.40. The molecule has 0 N–H and O–H groups in total. The molecule has 0 amide bonds. The quantitative estimate of drug-likeness (QED) is 0.286. The van der Waals surface area contributed by atoms with Gasteiger partial charge in [0.2, 0.25) is 0 Å². The van der Waals surface area contributed by atoms with Crippen molar-refractivity contribution in [3.63, 3.8) is 0 Å². The summed E-state index contributed by atoms with van der Waals surface area (Å²) < 4.78 is 12.7. The highest BCUT2D eigenvalue weighted by Crippen LogP contribution is 2.70. The number of rotatable bonds is 6. The molecule has 0 saturated heterocycles. The van der Waals surface area contributed by atoms with Crippen molar-refractivity contribution in [2.45, 2.75) is 113 Å². The Morgan fingerprint density at radius 2 is 0.818 bits per heavy atom. The van der Waals surface area contributed by atoms with Crippen LogP contribution in [0.1, 0.15) is 110 Å². The molecule has 0 spiro atoms. The molecule has 3 aromatic carbocycles. The van der Waals surface area contributed by atoms with Gasteiger partial charge in [0.15, 0.2) is 0 Å². The van der Waals surface area contributed by atoms with Gasteiger partial charge < -0.3 is 9.47 Å². The highest BCUT2D eigenvalue weighted by Gasteiger charge is 2.62. The van der Waals surface area contributed by atoms with Gasteiger partial charge in [-0.15, -0.1) is 0 Å². The Labute approximate surface area is 264 Å². The second-order valence-electron chi connectivity index (χ2n) is 17.0. The van der Waals surface area contributed by atoms with Gasteiger partial charge >= 0.3 is 0 Å². The van der Waals surface area contributed by atoms with Crippen LogP contribution in [0.25, 0.3) is 0 Å². The molecule has 0 aromatic heterocycles. The Bertz CT molecular complexity index is 1450. The maximum absolute atomic E-state index is 6.33. The van der Waals surface area contributed by atoms with Crippen LogP contribution in [-0.4, -0.2) is 14.2 Å². The third kappa shape index (κ3) is 3.91. The van der Waals surface area contributed by atoms with Crippen LogP contribution < -0.4 is 9.47 Å². The summed E-state index contributed by atoms with van der Waals surface area (Å²) in [6.07, 6.45) is 16.1. The van der Waals surface area contributed by atoms with E-state index in [-0.39, 0.29) is 10.8 Å². The van der Waals surface area contributed by atoms with Crippen molar-refractivity contribution in [2.75, 3.05) is 14.2 Å². The van der Waals surface area contributed by atoms with E-state index in [1.807, 2.05) is 14.2 Å². The first kappa shape index (κ1) is 27.6. The minimum absolute atomic E-state index is 0.193. The Morgan fingerprint density at radius 3 is 1.16 bits per heavy atom. The molecule has 0 heterocycles. The zero-order chi connectivity index (χ0) is 29.9. The molecule has 0 radical (unpaired) electrons. The van der Waals surface area contributed by atoms with Crippen molar-refractivity contribution in [3.8, 4) is 11.5 Å². The summed E-state index contributed by atoms with van der Waals surface area (Å²) in [5.74, 6) is 5.41. The predicted octanol–water partition coefficient (Wildman–Crippen LogP) is 9.90. The SMILES string of the molecule is COc1cc(OC)c(C23C[C@@H]4C[C@@H](CC(c5ccc(C)cc5)(C4)C2)C3)cc1C12C[C@@H]3C[C@@H](CC(c4ccc(C)cc4)(C3)C1)C2. The van der Waals surface area contributed by atoms with E-state index in [0.29, 0.717) is 10.8 Å². The van der Waals surface area contributed by atoms with E-state index in [2.05, 4.69) is 74.5 Å². The van der Waals surface area contributed by atoms with Gasteiger partial charge in [0.1, 0.15) is 11.5 Å². The van der Waals surface area contributed by atoms with Crippen LogP contribution in [0.4, 0.5) is 0 Å². The lowest BCUT2D eigenvalue weighted by Crippen LogP contribution is -2.57. The zero-order valence-corrected chi connectivity index (χ0v) is 27.4. The van der Waals surface area contributed by atoms with E-state index >= 15 is 0 Å². The second kappa shape index (κ2) is 9.40. The number of hydrogen-bond acceptors (Lipinski definition) is 2. The van der Waals surface area contributed by atoms with Crippen molar-refractivity contribution >= 4 is 0 Å². The Hall–Kier alpha value is -2.74. The monoisotopic (exact) mass is 586 g/mol. The molecule has 230 valence electrons. The van der Waals surface area contributed by atoms with Crippen LogP contribution in [0.3, 0.4) is 0 Å². The molecule has 8 atom stereocenters. The number of ether oxygens (including phenoxy) is 2. The van der Waals surface area contributed by atoms with Crippen LogP contribution in [0, 0.1) is 37.5 Å². The number of methoxy groups -OCH3 is 2. The average molecular weight is 587 g/mol. The smallest absolute Gasteiger partial charge is 0.126 e. The van der Waals surface area contributed by atoms with Crippen LogP contribution in [0.2, 0.25) is 0 Å². The summed E-state index contributed by atoms with van der Waals surface area (Å²) >= 11 is 0.